The number of likely N-dealkylation sites (N-methyl/N-ethyl adjacent to an activating group) is 1. The van der Waals surface area contributed by atoms with Crippen LogP contribution in [0.15, 0.2) is 35.4 Å². The molecule has 0 saturated carbocycles. The fraction of sp³-hybridized carbons (Fsp3) is 0.370. The zero-order chi connectivity index (χ0) is 25.5. The van der Waals surface area contributed by atoms with E-state index in [9.17, 15) is 4.79 Å². The molecule has 0 N–H and O–H groups in total. The van der Waals surface area contributed by atoms with Crippen molar-refractivity contribution in [1.29, 1.82) is 0 Å². The van der Waals surface area contributed by atoms with Gasteiger partial charge in [0.2, 0.25) is 11.5 Å². The van der Waals surface area contributed by atoms with Crippen molar-refractivity contribution in [3.05, 3.63) is 46.5 Å². The van der Waals surface area contributed by atoms with Crippen LogP contribution in [0.3, 0.4) is 0 Å². The summed E-state index contributed by atoms with van der Waals surface area (Å²) >= 11 is 0. The van der Waals surface area contributed by atoms with Crippen molar-refractivity contribution in [3.8, 4) is 34.5 Å². The Morgan fingerprint density at radius 1 is 0.657 bits per heavy atom. The van der Waals surface area contributed by atoms with Crippen molar-refractivity contribution in [2.24, 2.45) is 0 Å². The monoisotopic (exact) mass is 483 g/mol. The summed E-state index contributed by atoms with van der Waals surface area (Å²) in [6.07, 6.45) is 3.75. The highest BCUT2D eigenvalue weighted by atomic mass is 16.5. The Balaban J connectivity index is 2.06. The number of likely N-dealkylation sites (tertiary alicyclic amines) is 1. The molecule has 0 bridgehead atoms. The van der Waals surface area contributed by atoms with Gasteiger partial charge < -0.3 is 28.4 Å². The number of hydrogen-bond donors (Lipinski definition) is 0. The van der Waals surface area contributed by atoms with Crippen molar-refractivity contribution in [2.75, 3.05) is 62.3 Å². The maximum Gasteiger partial charge on any atom is 0.203 e. The van der Waals surface area contributed by atoms with Gasteiger partial charge in [0.25, 0.3) is 0 Å². The molecule has 1 fully saturated rings. The van der Waals surface area contributed by atoms with Crippen LogP contribution in [0.4, 0.5) is 0 Å². The molecule has 0 radical (unpaired) electrons. The van der Waals surface area contributed by atoms with Crippen LogP contribution in [0.25, 0.3) is 12.2 Å². The molecule has 2 aromatic carbocycles. The van der Waals surface area contributed by atoms with Crippen molar-refractivity contribution >= 4 is 17.9 Å². The molecule has 0 spiro atoms. The molecule has 0 amide bonds. The van der Waals surface area contributed by atoms with Gasteiger partial charge in [-0.25, -0.2) is 0 Å². The van der Waals surface area contributed by atoms with Gasteiger partial charge in [0.15, 0.2) is 28.8 Å². The molecular weight excluding hydrogens is 450 g/mol. The van der Waals surface area contributed by atoms with Gasteiger partial charge in [0.1, 0.15) is 0 Å². The van der Waals surface area contributed by atoms with Gasteiger partial charge in [-0.3, -0.25) is 9.69 Å². The predicted octanol–water partition coefficient (Wildman–Crippen LogP) is 4.11. The topological polar surface area (TPSA) is 75.7 Å². The minimum Gasteiger partial charge on any atom is -0.493 e. The van der Waals surface area contributed by atoms with Gasteiger partial charge in [0, 0.05) is 24.2 Å². The maximum absolute atomic E-state index is 13.5. The number of Topliss-reactive ketones (excluding diaryl/α,β-unsaturated/α-hetero) is 1. The SMILES string of the molecule is CCN1C/C(=C\c2cc(OC)c(OC)c(OC)c2)C(=O)/C(=C/c2cc(OC)c(OC)c(OC)c2)C1. The summed E-state index contributed by atoms with van der Waals surface area (Å²) < 4.78 is 32.7. The minimum absolute atomic E-state index is 0.0165. The van der Waals surface area contributed by atoms with Crippen LogP contribution in [-0.4, -0.2) is 73.0 Å². The lowest BCUT2D eigenvalue weighted by Gasteiger charge is -2.28. The number of methoxy groups -OCH3 is 6. The number of ether oxygens (including phenoxy) is 6. The van der Waals surface area contributed by atoms with Gasteiger partial charge in [-0.15, -0.1) is 0 Å². The Hall–Kier alpha value is -3.65. The molecule has 0 aromatic heterocycles. The maximum atomic E-state index is 13.5. The zero-order valence-corrected chi connectivity index (χ0v) is 21.4. The first-order valence-corrected chi connectivity index (χ1v) is 11.2. The molecule has 188 valence electrons. The van der Waals surface area contributed by atoms with Crippen molar-refractivity contribution in [1.82, 2.24) is 4.90 Å². The summed E-state index contributed by atoms with van der Waals surface area (Å²) in [6.45, 7) is 3.95. The van der Waals surface area contributed by atoms with E-state index in [1.165, 1.54) is 0 Å². The average molecular weight is 484 g/mol. The van der Waals surface area contributed by atoms with E-state index in [2.05, 4.69) is 11.8 Å². The van der Waals surface area contributed by atoms with E-state index in [0.29, 0.717) is 58.7 Å². The molecule has 1 aliphatic rings. The molecule has 1 aliphatic heterocycles. The molecule has 1 saturated heterocycles. The Kier molecular flexibility index (Phi) is 8.65. The number of benzene rings is 2. The molecule has 8 heteroatoms. The molecule has 8 nitrogen and oxygen atoms in total. The second kappa shape index (κ2) is 11.7. The fourth-order valence-electron chi connectivity index (χ4n) is 4.11. The molecule has 2 aromatic rings. The normalized spacial score (nSPS) is 16.4. The van der Waals surface area contributed by atoms with Crippen molar-refractivity contribution in [2.45, 2.75) is 6.92 Å². The van der Waals surface area contributed by atoms with Gasteiger partial charge in [-0.2, -0.15) is 0 Å². The van der Waals surface area contributed by atoms with E-state index in [1.54, 1.807) is 42.7 Å². The third-order valence-corrected chi connectivity index (χ3v) is 5.87. The second-order valence-corrected chi connectivity index (χ2v) is 7.89. The highest BCUT2D eigenvalue weighted by Crippen LogP contribution is 2.40. The second-order valence-electron chi connectivity index (χ2n) is 7.89. The number of rotatable bonds is 9. The largest absolute Gasteiger partial charge is 0.493 e. The van der Waals surface area contributed by atoms with Gasteiger partial charge >= 0.3 is 0 Å². The van der Waals surface area contributed by atoms with E-state index in [1.807, 2.05) is 36.4 Å². The Labute approximate surface area is 206 Å². The smallest absolute Gasteiger partial charge is 0.203 e. The standard InChI is InChI=1S/C27H33NO7/c1-8-28-15-19(9-17-11-21(30-2)26(34-6)22(12-17)31-3)25(29)20(16-28)10-18-13-23(32-4)27(35-7)24(14-18)33-5/h9-14H,8,15-16H2,1-7H3/b19-9+,20-10+. The van der Waals surface area contributed by atoms with Crippen molar-refractivity contribution in [3.63, 3.8) is 0 Å². The fourth-order valence-corrected chi connectivity index (χ4v) is 4.11. The van der Waals surface area contributed by atoms with Crippen LogP contribution in [0.1, 0.15) is 18.1 Å². The number of nitrogens with zero attached hydrogens (tertiary/aromatic N) is 1. The molecular formula is C27H33NO7. The van der Waals surface area contributed by atoms with Crippen LogP contribution in [0, 0.1) is 0 Å². The third kappa shape index (κ3) is 5.54. The lowest BCUT2D eigenvalue weighted by molar-refractivity contribution is -0.113. The number of piperidine rings is 1. The van der Waals surface area contributed by atoms with Crippen LogP contribution in [0.2, 0.25) is 0 Å². The van der Waals surface area contributed by atoms with Crippen LogP contribution in [-0.2, 0) is 4.79 Å². The quantitative estimate of drug-likeness (QED) is 0.494. The van der Waals surface area contributed by atoms with E-state index >= 15 is 0 Å². The van der Waals surface area contributed by atoms with Gasteiger partial charge in [-0.05, 0) is 54.1 Å². The first-order valence-electron chi connectivity index (χ1n) is 11.2. The predicted molar refractivity (Wildman–Crippen MR) is 135 cm³/mol. The molecule has 0 unspecified atom stereocenters. The lowest BCUT2D eigenvalue weighted by atomic mass is 9.94. The zero-order valence-electron chi connectivity index (χ0n) is 21.4. The number of ketones is 1. The van der Waals surface area contributed by atoms with E-state index in [0.717, 1.165) is 17.7 Å². The molecule has 0 atom stereocenters. The average Bonchev–Trinajstić information content (AvgIpc) is 2.89. The molecule has 0 aliphatic carbocycles. The summed E-state index contributed by atoms with van der Waals surface area (Å²) in [6, 6.07) is 7.31. The number of hydrogen-bond acceptors (Lipinski definition) is 8. The van der Waals surface area contributed by atoms with Gasteiger partial charge in [0.05, 0.1) is 42.7 Å². The number of carbonyl (C=O) groups excluding carboxylic acids is 1. The highest BCUT2D eigenvalue weighted by molar-refractivity contribution is 6.14. The Bertz CT molecular complexity index is 1000. The first kappa shape index (κ1) is 26.0. The Morgan fingerprint density at radius 3 is 1.26 bits per heavy atom. The van der Waals surface area contributed by atoms with Crippen LogP contribution < -0.4 is 28.4 Å². The molecule has 35 heavy (non-hydrogen) atoms. The van der Waals surface area contributed by atoms with E-state index in [-0.39, 0.29) is 5.78 Å². The highest BCUT2D eigenvalue weighted by Gasteiger charge is 2.26. The first-order chi connectivity index (χ1) is 16.9. The van der Waals surface area contributed by atoms with Crippen molar-refractivity contribution < 1.29 is 33.2 Å². The summed E-state index contributed by atoms with van der Waals surface area (Å²) in [5, 5.41) is 0. The summed E-state index contributed by atoms with van der Waals surface area (Å²) in [4.78, 5) is 15.7. The third-order valence-electron chi connectivity index (χ3n) is 5.87. The van der Waals surface area contributed by atoms with Crippen LogP contribution >= 0.6 is 0 Å². The lowest BCUT2D eigenvalue weighted by Crippen LogP contribution is -2.37. The molecule has 3 rings (SSSR count). The number of carbonyl (C=O) groups is 1. The summed E-state index contributed by atoms with van der Waals surface area (Å²) in [5.41, 5.74) is 2.91. The Morgan fingerprint density at radius 2 is 1.00 bits per heavy atom. The van der Waals surface area contributed by atoms with E-state index in [4.69, 9.17) is 28.4 Å². The summed E-state index contributed by atoms with van der Waals surface area (Å²) in [7, 11) is 9.38. The van der Waals surface area contributed by atoms with Crippen LogP contribution in [0.5, 0.6) is 34.5 Å². The summed E-state index contributed by atoms with van der Waals surface area (Å²) in [5.74, 6) is 3.11. The molecule has 1 heterocycles. The van der Waals surface area contributed by atoms with E-state index < -0.39 is 0 Å². The minimum atomic E-state index is -0.0165. The van der Waals surface area contributed by atoms with Gasteiger partial charge in [-0.1, -0.05) is 6.92 Å².